The second-order valence-electron chi connectivity index (χ2n) is 9.91. The molecule has 0 aliphatic heterocycles. The molecule has 0 aliphatic carbocycles. The molecule has 0 aromatic heterocycles. The van der Waals surface area contributed by atoms with E-state index in [-0.39, 0.29) is 29.8 Å². The molecule has 0 saturated heterocycles. The fraction of sp³-hybridized carbons (Fsp3) is 0.321. The predicted octanol–water partition coefficient (Wildman–Crippen LogP) is 1.80. The summed E-state index contributed by atoms with van der Waals surface area (Å²) in [6, 6.07) is 11.9. The zero-order valence-corrected chi connectivity index (χ0v) is 27.5. The summed E-state index contributed by atoms with van der Waals surface area (Å²) in [6.07, 6.45) is 6.69. The summed E-state index contributed by atoms with van der Waals surface area (Å²) < 4.78 is 96.3. The number of nitrogens with one attached hydrogen (secondary N) is 3. The normalized spacial score (nSPS) is 13.1. The summed E-state index contributed by atoms with van der Waals surface area (Å²) in [6.45, 7) is 2.33. The van der Waals surface area contributed by atoms with Crippen LogP contribution in [0.2, 0.25) is 0 Å². The fourth-order valence-electron chi connectivity index (χ4n) is 4.04. The molecule has 0 radical (unpaired) electrons. The molecule has 2 rings (SSSR count). The number of benzene rings is 2. The largest absolute Gasteiger partial charge is 0.362 e. The first-order valence-corrected chi connectivity index (χ1v) is 18.5. The van der Waals surface area contributed by atoms with Gasteiger partial charge in [-0.25, -0.2) is 0 Å². The number of rotatable bonds is 17. The first kappa shape index (κ1) is 38.2. The Balaban J connectivity index is 2.58. The van der Waals surface area contributed by atoms with Crippen molar-refractivity contribution in [1.29, 1.82) is 0 Å². The number of hydrogen-bond donors (Lipinski definition) is 6. The molecule has 0 heterocycles. The Labute approximate surface area is 268 Å². The third-order valence-electron chi connectivity index (χ3n) is 6.25. The summed E-state index contributed by atoms with van der Waals surface area (Å²) in [4.78, 5) is 26.1. The first-order chi connectivity index (χ1) is 21.4. The van der Waals surface area contributed by atoms with E-state index in [2.05, 4.69) is 16.0 Å². The molecule has 46 heavy (non-hydrogen) atoms. The first-order valence-electron chi connectivity index (χ1n) is 13.7. The van der Waals surface area contributed by atoms with Gasteiger partial charge in [0.15, 0.2) is 5.71 Å². The van der Waals surface area contributed by atoms with Crippen LogP contribution in [0.15, 0.2) is 66.9 Å². The van der Waals surface area contributed by atoms with E-state index < -0.39 is 72.5 Å². The van der Waals surface area contributed by atoms with Crippen LogP contribution >= 0.6 is 0 Å². The van der Waals surface area contributed by atoms with Gasteiger partial charge >= 0.3 is 0 Å². The lowest BCUT2D eigenvalue weighted by Gasteiger charge is -2.14. The summed E-state index contributed by atoms with van der Waals surface area (Å²) in [5.74, 6) is -3.73. The molecule has 0 aliphatic rings. The number of para-hydroxylation sites is 1. The van der Waals surface area contributed by atoms with Gasteiger partial charge in [0.2, 0.25) is 5.69 Å². The molecule has 6 N–H and O–H groups in total. The number of amides is 2. The van der Waals surface area contributed by atoms with E-state index in [0.717, 1.165) is 5.69 Å². The quantitative estimate of drug-likeness (QED) is 0.0599. The molecule has 0 atom stereocenters. The van der Waals surface area contributed by atoms with E-state index in [1.807, 2.05) is 30.3 Å². The van der Waals surface area contributed by atoms with Gasteiger partial charge < -0.3 is 16.0 Å². The van der Waals surface area contributed by atoms with E-state index in [1.165, 1.54) is 12.1 Å². The molecule has 252 valence electrons. The summed E-state index contributed by atoms with van der Waals surface area (Å²) >= 11 is 0. The highest BCUT2D eigenvalue weighted by molar-refractivity contribution is 7.86. The molecule has 18 heteroatoms. The van der Waals surface area contributed by atoms with Gasteiger partial charge in [0.25, 0.3) is 42.2 Å². The topological polar surface area (TPSA) is 236 Å². The van der Waals surface area contributed by atoms with E-state index >= 15 is 0 Å². The lowest BCUT2D eigenvalue weighted by atomic mass is 10.00. The Hall–Kier alpha value is -3.94. The maximum Gasteiger partial charge on any atom is 0.266 e. The number of carbonyl (C=O) groups excluding carboxylic acids is 2. The van der Waals surface area contributed by atoms with Crippen LogP contribution in [-0.4, -0.2) is 97.9 Å². The number of allylic oxidation sites excluding steroid dienone is 3. The lowest BCUT2D eigenvalue weighted by molar-refractivity contribution is -0.440. The predicted molar refractivity (Wildman–Crippen MR) is 174 cm³/mol. The Kier molecular flexibility index (Phi) is 14.2. The van der Waals surface area contributed by atoms with Crippen molar-refractivity contribution in [1.82, 2.24) is 10.6 Å². The van der Waals surface area contributed by atoms with E-state index in [1.54, 1.807) is 42.9 Å². The van der Waals surface area contributed by atoms with Crippen molar-refractivity contribution in [3.05, 3.63) is 83.6 Å². The van der Waals surface area contributed by atoms with E-state index in [0.29, 0.717) is 11.3 Å². The van der Waals surface area contributed by atoms with E-state index in [9.17, 15) is 39.4 Å². The van der Waals surface area contributed by atoms with Gasteiger partial charge in [-0.05, 0) is 31.2 Å². The minimum Gasteiger partial charge on any atom is -0.362 e. The Morgan fingerprint density at radius 3 is 1.93 bits per heavy atom. The summed E-state index contributed by atoms with van der Waals surface area (Å²) in [5, 5.41) is 7.78. The second-order valence-corrected chi connectivity index (χ2v) is 14.6. The number of nitrogens with zero attached hydrogens (tertiary/aromatic N) is 1. The van der Waals surface area contributed by atoms with Crippen LogP contribution in [0.25, 0.3) is 0 Å². The molecule has 2 aromatic carbocycles. The average Bonchev–Trinajstić information content (AvgIpc) is 2.94. The molecule has 0 fully saturated rings. The van der Waals surface area contributed by atoms with Gasteiger partial charge in [0.1, 0.15) is 6.54 Å². The molecular formula is C28H37N4O11S3+. The smallest absolute Gasteiger partial charge is 0.266 e. The SMILES string of the molecule is CC(/C=C/C=C/Nc1ccccc1)=[N+](CCCS(=O)(=O)O)c1cc(C(=O)NCCS(=O)(=O)O)cc(C(=O)NCCS(=O)(=O)O)c1C. The van der Waals surface area contributed by atoms with Crippen LogP contribution in [-0.2, 0) is 30.4 Å². The molecule has 2 aromatic rings. The average molecular weight is 702 g/mol. The van der Waals surface area contributed by atoms with Crippen LogP contribution in [0.4, 0.5) is 11.4 Å². The molecular weight excluding hydrogens is 665 g/mol. The minimum atomic E-state index is -4.39. The molecule has 0 bridgehead atoms. The third-order valence-corrected chi connectivity index (χ3v) is 8.49. The maximum atomic E-state index is 13.1. The van der Waals surface area contributed by atoms with Gasteiger partial charge in [-0.15, -0.1) is 0 Å². The highest BCUT2D eigenvalue weighted by Crippen LogP contribution is 2.26. The highest BCUT2D eigenvalue weighted by Gasteiger charge is 2.25. The zero-order valence-electron chi connectivity index (χ0n) is 25.1. The molecule has 2 amide bonds. The van der Waals surface area contributed by atoms with Gasteiger partial charge in [-0.2, -0.15) is 29.8 Å². The second kappa shape index (κ2) is 17.1. The van der Waals surface area contributed by atoms with Crippen LogP contribution in [0.5, 0.6) is 0 Å². The van der Waals surface area contributed by atoms with Gasteiger partial charge in [-0.1, -0.05) is 24.3 Å². The summed E-state index contributed by atoms with van der Waals surface area (Å²) in [5.41, 5.74) is 1.77. The molecule has 0 unspecified atom stereocenters. The van der Waals surface area contributed by atoms with Crippen molar-refractivity contribution in [3.63, 3.8) is 0 Å². The van der Waals surface area contributed by atoms with Crippen molar-refractivity contribution in [3.8, 4) is 0 Å². The van der Waals surface area contributed by atoms with Gasteiger partial charge in [0.05, 0.1) is 17.3 Å². The van der Waals surface area contributed by atoms with Crippen molar-refractivity contribution in [2.75, 3.05) is 42.2 Å². The van der Waals surface area contributed by atoms with Crippen molar-refractivity contribution < 1.29 is 53.1 Å². The Bertz CT molecular complexity index is 1820. The Morgan fingerprint density at radius 1 is 0.804 bits per heavy atom. The van der Waals surface area contributed by atoms with Crippen molar-refractivity contribution >= 4 is 59.3 Å². The number of anilines is 1. The van der Waals surface area contributed by atoms with Crippen molar-refractivity contribution in [2.24, 2.45) is 0 Å². The monoisotopic (exact) mass is 701 g/mol. The fourth-order valence-corrected chi connectivity index (χ4v) is 5.26. The third kappa shape index (κ3) is 14.4. The molecule has 0 spiro atoms. The lowest BCUT2D eigenvalue weighted by Crippen LogP contribution is -2.31. The standard InChI is InChI=1S/C28H36N4O11S3/c1-21(9-6-7-12-29-24-10-4-3-5-11-24)32(15-8-16-44(35,36)37)26-20-23(27(33)30-13-17-45(38,39)40)19-25(22(26)2)28(34)31-14-18-46(41,42)43/h3-7,9-12,19-20H,8,13-18H2,1-2H3,(H5,30,31,33,34,35,36,37,38,39,40,41,42,43)/p+1. The van der Waals surface area contributed by atoms with Crippen LogP contribution in [0.3, 0.4) is 0 Å². The summed E-state index contributed by atoms with van der Waals surface area (Å²) in [7, 11) is -13.1. The van der Waals surface area contributed by atoms with E-state index in [4.69, 9.17) is 9.11 Å². The minimum absolute atomic E-state index is 0.000423. The van der Waals surface area contributed by atoms with Crippen LogP contribution in [0.1, 0.15) is 39.6 Å². The van der Waals surface area contributed by atoms with Gasteiger partial charge in [-0.3, -0.25) is 23.2 Å². The molecule has 0 saturated carbocycles. The van der Waals surface area contributed by atoms with Gasteiger partial charge in [0, 0.05) is 67.2 Å². The number of hydrogen-bond acceptors (Lipinski definition) is 9. The molecule has 15 nitrogen and oxygen atoms in total. The zero-order chi connectivity index (χ0) is 34.5. The van der Waals surface area contributed by atoms with Crippen LogP contribution < -0.4 is 16.0 Å². The van der Waals surface area contributed by atoms with Crippen LogP contribution in [0, 0.1) is 6.92 Å². The number of carbonyl (C=O) groups is 2. The van der Waals surface area contributed by atoms with Crippen molar-refractivity contribution in [2.45, 2.75) is 20.3 Å². The highest BCUT2D eigenvalue weighted by atomic mass is 32.2. The maximum absolute atomic E-state index is 13.1. The Morgan fingerprint density at radius 2 is 1.37 bits per heavy atom.